The lowest BCUT2D eigenvalue weighted by molar-refractivity contribution is 0.103. The van der Waals surface area contributed by atoms with E-state index in [1.807, 2.05) is 0 Å². The number of nitrogens with two attached hydrogens (primary N) is 1. The maximum atomic E-state index is 13.1. The van der Waals surface area contributed by atoms with E-state index in [0.717, 1.165) is 6.07 Å². The summed E-state index contributed by atoms with van der Waals surface area (Å²) < 4.78 is 13.8. The Morgan fingerprint density at radius 2 is 1.94 bits per heavy atom. The molecule has 2 rings (SSSR count). The van der Waals surface area contributed by atoms with Gasteiger partial charge < -0.3 is 5.73 Å². The number of nitrogen functional groups attached to an aromatic ring is 1. The Hall–Kier alpha value is -1.39. The van der Waals surface area contributed by atoms with Gasteiger partial charge in [-0.1, -0.05) is 27.5 Å². The number of carbonyl (C=O) groups is 1. The zero-order valence-electron chi connectivity index (χ0n) is 9.08. The Morgan fingerprint density at radius 1 is 1.22 bits per heavy atom. The van der Waals surface area contributed by atoms with Crippen molar-refractivity contribution in [2.24, 2.45) is 0 Å². The van der Waals surface area contributed by atoms with E-state index in [9.17, 15) is 9.18 Å². The summed E-state index contributed by atoms with van der Waals surface area (Å²) in [5, 5.41) is 0.208. The molecule has 0 atom stereocenters. The van der Waals surface area contributed by atoms with Crippen molar-refractivity contribution < 1.29 is 9.18 Å². The first-order valence-electron chi connectivity index (χ1n) is 5.03. The maximum absolute atomic E-state index is 13.1. The van der Waals surface area contributed by atoms with Gasteiger partial charge in [-0.25, -0.2) is 4.39 Å². The molecule has 0 saturated carbocycles. The molecule has 2 aromatic carbocycles. The van der Waals surface area contributed by atoms with Crippen LogP contribution in [-0.4, -0.2) is 5.78 Å². The Morgan fingerprint density at radius 3 is 2.61 bits per heavy atom. The molecule has 0 amide bonds. The van der Waals surface area contributed by atoms with Gasteiger partial charge in [-0.05, 0) is 36.4 Å². The quantitative estimate of drug-likeness (QED) is 0.667. The molecule has 2 aromatic rings. The SMILES string of the molecule is Nc1cc(Br)cc(C(=O)c2cc(F)ccc2Cl)c1. The number of hydrogen-bond donors (Lipinski definition) is 1. The fourth-order valence-corrected chi connectivity index (χ4v) is 2.28. The van der Waals surface area contributed by atoms with Crippen LogP contribution in [0.5, 0.6) is 0 Å². The van der Waals surface area contributed by atoms with E-state index in [0.29, 0.717) is 15.7 Å². The van der Waals surface area contributed by atoms with Crippen molar-refractivity contribution in [1.82, 2.24) is 0 Å². The number of hydrogen-bond acceptors (Lipinski definition) is 2. The number of carbonyl (C=O) groups excluding carboxylic acids is 1. The third-order valence-electron chi connectivity index (χ3n) is 2.36. The summed E-state index contributed by atoms with van der Waals surface area (Å²) in [6.45, 7) is 0. The molecule has 0 spiro atoms. The summed E-state index contributed by atoms with van der Waals surface area (Å²) in [7, 11) is 0. The molecule has 0 heterocycles. The maximum Gasteiger partial charge on any atom is 0.194 e. The highest BCUT2D eigenvalue weighted by atomic mass is 79.9. The number of anilines is 1. The Kier molecular flexibility index (Phi) is 3.68. The van der Waals surface area contributed by atoms with Gasteiger partial charge in [0.05, 0.1) is 5.02 Å². The van der Waals surface area contributed by atoms with E-state index >= 15 is 0 Å². The summed E-state index contributed by atoms with van der Waals surface area (Å²) in [6, 6.07) is 8.47. The smallest absolute Gasteiger partial charge is 0.194 e. The van der Waals surface area contributed by atoms with E-state index in [4.69, 9.17) is 17.3 Å². The molecule has 0 aromatic heterocycles. The van der Waals surface area contributed by atoms with Crippen molar-refractivity contribution in [3.8, 4) is 0 Å². The first kappa shape index (κ1) is 13.1. The van der Waals surface area contributed by atoms with E-state index < -0.39 is 5.82 Å². The Bertz CT molecular complexity index is 610. The lowest BCUT2D eigenvalue weighted by atomic mass is 10.0. The third-order valence-corrected chi connectivity index (χ3v) is 3.14. The fourth-order valence-electron chi connectivity index (χ4n) is 1.57. The molecule has 0 radical (unpaired) electrons. The predicted octanol–water partition coefficient (Wildman–Crippen LogP) is 4.05. The lowest BCUT2D eigenvalue weighted by Crippen LogP contribution is -2.04. The van der Waals surface area contributed by atoms with Gasteiger partial charge in [-0.2, -0.15) is 0 Å². The van der Waals surface area contributed by atoms with Crippen LogP contribution in [0.1, 0.15) is 15.9 Å². The summed E-state index contributed by atoms with van der Waals surface area (Å²) in [5.41, 5.74) is 6.57. The van der Waals surface area contributed by atoms with Gasteiger partial charge >= 0.3 is 0 Å². The molecular weight excluding hydrogens is 321 g/mol. The van der Waals surface area contributed by atoms with Crippen molar-refractivity contribution in [2.75, 3.05) is 5.73 Å². The van der Waals surface area contributed by atoms with E-state index in [1.165, 1.54) is 18.2 Å². The van der Waals surface area contributed by atoms with Crippen molar-refractivity contribution in [3.05, 3.63) is 62.8 Å². The molecule has 0 aliphatic rings. The third kappa shape index (κ3) is 2.71. The van der Waals surface area contributed by atoms with Crippen LogP contribution in [0.25, 0.3) is 0 Å². The van der Waals surface area contributed by atoms with Crippen molar-refractivity contribution in [3.63, 3.8) is 0 Å². The fraction of sp³-hybridized carbons (Fsp3) is 0. The molecular formula is C13H8BrClFNO. The van der Waals surface area contributed by atoms with Gasteiger partial charge in [0, 0.05) is 21.3 Å². The second-order valence-electron chi connectivity index (χ2n) is 3.73. The molecule has 5 heteroatoms. The predicted molar refractivity (Wildman–Crippen MR) is 73.4 cm³/mol. The summed E-state index contributed by atoms with van der Waals surface area (Å²) in [5.74, 6) is -0.877. The Balaban J connectivity index is 2.51. The number of benzene rings is 2. The first-order chi connectivity index (χ1) is 8.47. The average molecular weight is 329 g/mol. The first-order valence-corrected chi connectivity index (χ1v) is 6.20. The van der Waals surface area contributed by atoms with Crippen LogP contribution in [0.15, 0.2) is 40.9 Å². The number of rotatable bonds is 2. The van der Waals surface area contributed by atoms with Crippen LogP contribution >= 0.6 is 27.5 Å². The van der Waals surface area contributed by atoms with Crippen LogP contribution in [0.4, 0.5) is 10.1 Å². The van der Waals surface area contributed by atoms with Crippen LogP contribution in [0.3, 0.4) is 0 Å². The van der Waals surface area contributed by atoms with Crippen LogP contribution in [0, 0.1) is 5.82 Å². The molecule has 18 heavy (non-hydrogen) atoms. The monoisotopic (exact) mass is 327 g/mol. The molecule has 0 unspecified atom stereocenters. The van der Waals surface area contributed by atoms with Gasteiger partial charge in [0.2, 0.25) is 0 Å². The van der Waals surface area contributed by atoms with Crippen LogP contribution in [0.2, 0.25) is 5.02 Å². The molecule has 92 valence electrons. The largest absolute Gasteiger partial charge is 0.399 e. The van der Waals surface area contributed by atoms with E-state index in [-0.39, 0.29) is 16.4 Å². The van der Waals surface area contributed by atoms with Crippen molar-refractivity contribution in [1.29, 1.82) is 0 Å². The minimum Gasteiger partial charge on any atom is -0.399 e. The number of halogens is 3. The molecule has 0 aliphatic carbocycles. The van der Waals surface area contributed by atoms with Gasteiger partial charge in [-0.3, -0.25) is 4.79 Å². The highest BCUT2D eigenvalue weighted by Gasteiger charge is 2.14. The highest BCUT2D eigenvalue weighted by Crippen LogP contribution is 2.24. The van der Waals surface area contributed by atoms with Gasteiger partial charge in [0.1, 0.15) is 5.82 Å². The summed E-state index contributed by atoms with van der Waals surface area (Å²) in [4.78, 5) is 12.2. The average Bonchev–Trinajstić information content (AvgIpc) is 2.30. The summed E-state index contributed by atoms with van der Waals surface area (Å²) >= 11 is 9.14. The van der Waals surface area contributed by atoms with E-state index in [2.05, 4.69) is 15.9 Å². The standard InChI is InChI=1S/C13H8BrClFNO/c14-8-3-7(4-10(17)5-8)13(18)11-6-9(16)1-2-12(11)15/h1-6H,17H2. The Labute approximate surface area is 117 Å². The second kappa shape index (κ2) is 5.08. The van der Waals surface area contributed by atoms with Crippen molar-refractivity contribution in [2.45, 2.75) is 0 Å². The van der Waals surface area contributed by atoms with Crippen molar-refractivity contribution >= 4 is 39.0 Å². The van der Waals surface area contributed by atoms with E-state index in [1.54, 1.807) is 12.1 Å². The molecule has 2 nitrogen and oxygen atoms in total. The molecule has 0 bridgehead atoms. The topological polar surface area (TPSA) is 43.1 Å². The molecule has 0 fully saturated rings. The minimum atomic E-state index is -0.509. The highest BCUT2D eigenvalue weighted by molar-refractivity contribution is 9.10. The normalized spacial score (nSPS) is 10.4. The molecule has 0 saturated heterocycles. The zero-order valence-corrected chi connectivity index (χ0v) is 11.4. The zero-order chi connectivity index (χ0) is 13.3. The molecule has 2 N–H and O–H groups in total. The van der Waals surface area contributed by atoms with Gasteiger partial charge in [0.15, 0.2) is 5.78 Å². The number of ketones is 1. The lowest BCUT2D eigenvalue weighted by Gasteiger charge is -2.05. The molecule has 0 aliphatic heterocycles. The van der Waals surface area contributed by atoms with Crippen LogP contribution < -0.4 is 5.73 Å². The van der Waals surface area contributed by atoms with Gasteiger partial charge in [-0.15, -0.1) is 0 Å². The summed E-state index contributed by atoms with van der Waals surface area (Å²) in [6.07, 6.45) is 0. The minimum absolute atomic E-state index is 0.120. The van der Waals surface area contributed by atoms with Gasteiger partial charge in [0.25, 0.3) is 0 Å². The second-order valence-corrected chi connectivity index (χ2v) is 5.05. The van der Waals surface area contributed by atoms with Crippen LogP contribution in [-0.2, 0) is 0 Å².